The second kappa shape index (κ2) is 6.56. The number of halogens is 3. The standard InChI is InChI=1S/C15H17F3N2O/c1-2-20-9-5-6-12(20)10-19-13-7-3-4-8-14(13)21-11-15(16,17)18/h3-9,19H,2,10-11H2,1H3. The highest BCUT2D eigenvalue weighted by Gasteiger charge is 2.28. The van der Waals surface area contributed by atoms with Crippen molar-refractivity contribution in [1.82, 2.24) is 4.57 Å². The molecule has 21 heavy (non-hydrogen) atoms. The molecule has 1 N–H and O–H groups in total. The first-order valence-corrected chi connectivity index (χ1v) is 6.66. The molecule has 0 saturated heterocycles. The number of benzene rings is 1. The molecule has 1 aromatic heterocycles. The van der Waals surface area contributed by atoms with Crippen molar-refractivity contribution in [3.63, 3.8) is 0 Å². The van der Waals surface area contributed by atoms with Gasteiger partial charge in [-0.1, -0.05) is 12.1 Å². The van der Waals surface area contributed by atoms with Gasteiger partial charge < -0.3 is 14.6 Å². The van der Waals surface area contributed by atoms with Crippen molar-refractivity contribution in [3.8, 4) is 5.75 Å². The van der Waals surface area contributed by atoms with Crippen LogP contribution in [-0.2, 0) is 13.1 Å². The van der Waals surface area contributed by atoms with E-state index in [0.717, 1.165) is 12.2 Å². The quantitative estimate of drug-likeness (QED) is 0.870. The largest absolute Gasteiger partial charge is 0.482 e. The number of aryl methyl sites for hydroxylation is 1. The molecular formula is C15H17F3N2O. The minimum atomic E-state index is -4.34. The average molecular weight is 298 g/mol. The molecule has 2 rings (SSSR count). The maximum Gasteiger partial charge on any atom is 0.422 e. The molecule has 0 aliphatic heterocycles. The van der Waals surface area contributed by atoms with Crippen molar-refractivity contribution in [3.05, 3.63) is 48.3 Å². The Morgan fingerprint density at radius 3 is 2.62 bits per heavy atom. The first-order valence-electron chi connectivity index (χ1n) is 6.66. The predicted octanol–water partition coefficient (Wildman–Crippen LogP) is 4.06. The van der Waals surface area contributed by atoms with Crippen LogP contribution in [0.3, 0.4) is 0 Å². The normalized spacial score (nSPS) is 11.4. The Labute approximate surface area is 121 Å². The zero-order valence-corrected chi connectivity index (χ0v) is 11.7. The molecule has 0 radical (unpaired) electrons. The summed E-state index contributed by atoms with van der Waals surface area (Å²) < 4.78 is 43.6. The molecule has 6 heteroatoms. The van der Waals surface area contributed by atoms with Crippen LogP contribution in [0.1, 0.15) is 12.6 Å². The lowest BCUT2D eigenvalue weighted by atomic mass is 10.3. The Kier molecular flexibility index (Phi) is 4.77. The van der Waals surface area contributed by atoms with Crippen molar-refractivity contribution in [2.75, 3.05) is 11.9 Å². The van der Waals surface area contributed by atoms with Crippen molar-refractivity contribution < 1.29 is 17.9 Å². The lowest BCUT2D eigenvalue weighted by Gasteiger charge is -2.15. The van der Waals surface area contributed by atoms with E-state index in [0.29, 0.717) is 12.2 Å². The number of aromatic nitrogens is 1. The molecule has 1 aromatic carbocycles. The fraction of sp³-hybridized carbons (Fsp3) is 0.333. The van der Waals surface area contributed by atoms with Crippen LogP contribution in [-0.4, -0.2) is 17.4 Å². The van der Waals surface area contributed by atoms with E-state index in [1.165, 1.54) is 6.07 Å². The first kappa shape index (κ1) is 15.3. The Hall–Kier alpha value is -2.11. The molecule has 0 fully saturated rings. The summed E-state index contributed by atoms with van der Waals surface area (Å²) in [4.78, 5) is 0. The minimum Gasteiger partial charge on any atom is -0.482 e. The summed E-state index contributed by atoms with van der Waals surface area (Å²) in [5.41, 5.74) is 1.61. The van der Waals surface area contributed by atoms with Crippen LogP contribution in [0.25, 0.3) is 0 Å². The topological polar surface area (TPSA) is 26.2 Å². The maximum atomic E-state index is 12.2. The molecule has 0 bridgehead atoms. The number of anilines is 1. The fourth-order valence-electron chi connectivity index (χ4n) is 2.00. The van der Waals surface area contributed by atoms with Gasteiger partial charge in [-0.3, -0.25) is 0 Å². The van der Waals surface area contributed by atoms with Gasteiger partial charge >= 0.3 is 6.18 Å². The molecular weight excluding hydrogens is 281 g/mol. The molecule has 0 spiro atoms. The SMILES string of the molecule is CCn1cccc1CNc1ccccc1OCC(F)(F)F. The van der Waals surface area contributed by atoms with Crippen molar-refractivity contribution in [2.45, 2.75) is 26.2 Å². The number of alkyl halides is 3. The molecule has 2 aromatic rings. The zero-order chi connectivity index (χ0) is 15.3. The van der Waals surface area contributed by atoms with E-state index in [4.69, 9.17) is 4.74 Å². The summed E-state index contributed by atoms with van der Waals surface area (Å²) in [5.74, 6) is 0.199. The van der Waals surface area contributed by atoms with E-state index in [2.05, 4.69) is 9.88 Å². The molecule has 0 saturated carbocycles. The lowest BCUT2D eigenvalue weighted by molar-refractivity contribution is -0.153. The second-order valence-corrected chi connectivity index (χ2v) is 4.54. The van der Waals surface area contributed by atoms with Gasteiger partial charge in [0.15, 0.2) is 6.61 Å². The maximum absolute atomic E-state index is 12.2. The van der Waals surface area contributed by atoms with Crippen LogP contribution in [0.5, 0.6) is 5.75 Å². The fourth-order valence-corrected chi connectivity index (χ4v) is 2.00. The lowest BCUT2D eigenvalue weighted by Crippen LogP contribution is -2.19. The summed E-state index contributed by atoms with van der Waals surface area (Å²) >= 11 is 0. The van der Waals surface area contributed by atoms with Gasteiger partial charge in [-0.25, -0.2) is 0 Å². The van der Waals surface area contributed by atoms with Crippen LogP contribution in [0.4, 0.5) is 18.9 Å². The van der Waals surface area contributed by atoms with E-state index in [1.807, 2.05) is 25.3 Å². The smallest absolute Gasteiger partial charge is 0.422 e. The third-order valence-corrected chi connectivity index (χ3v) is 3.00. The van der Waals surface area contributed by atoms with Crippen molar-refractivity contribution in [1.29, 1.82) is 0 Å². The highest BCUT2D eigenvalue weighted by Crippen LogP contribution is 2.26. The highest BCUT2D eigenvalue weighted by molar-refractivity contribution is 5.56. The van der Waals surface area contributed by atoms with E-state index in [1.54, 1.807) is 18.2 Å². The highest BCUT2D eigenvalue weighted by atomic mass is 19.4. The van der Waals surface area contributed by atoms with E-state index in [9.17, 15) is 13.2 Å². The number of hydrogen-bond donors (Lipinski definition) is 1. The Bertz CT molecular complexity index is 578. The molecule has 3 nitrogen and oxygen atoms in total. The predicted molar refractivity (Wildman–Crippen MR) is 75.4 cm³/mol. The van der Waals surface area contributed by atoms with Gasteiger partial charge in [0.1, 0.15) is 5.75 Å². The molecule has 1 heterocycles. The Balaban J connectivity index is 2.03. The Morgan fingerprint density at radius 2 is 1.90 bits per heavy atom. The molecule has 0 aliphatic rings. The molecule has 0 amide bonds. The van der Waals surface area contributed by atoms with Gasteiger partial charge in [0.25, 0.3) is 0 Å². The Morgan fingerprint density at radius 1 is 1.14 bits per heavy atom. The van der Waals surface area contributed by atoms with Gasteiger partial charge in [-0.15, -0.1) is 0 Å². The number of ether oxygens (including phenoxy) is 1. The van der Waals surface area contributed by atoms with E-state index >= 15 is 0 Å². The van der Waals surface area contributed by atoms with Crippen LogP contribution in [0, 0.1) is 0 Å². The summed E-state index contributed by atoms with van der Waals surface area (Å²) in [6.07, 6.45) is -2.38. The molecule has 114 valence electrons. The third-order valence-electron chi connectivity index (χ3n) is 3.00. The summed E-state index contributed by atoms with van der Waals surface area (Å²) in [6.45, 7) is 2.10. The minimum absolute atomic E-state index is 0.199. The van der Waals surface area contributed by atoms with Crippen molar-refractivity contribution >= 4 is 5.69 Å². The third kappa shape index (κ3) is 4.44. The summed E-state index contributed by atoms with van der Waals surface area (Å²) in [5, 5.41) is 3.11. The van der Waals surface area contributed by atoms with Crippen molar-refractivity contribution in [2.24, 2.45) is 0 Å². The number of nitrogens with one attached hydrogen (secondary N) is 1. The average Bonchev–Trinajstić information content (AvgIpc) is 2.90. The summed E-state index contributed by atoms with van der Waals surface area (Å²) in [6, 6.07) is 10.5. The number of para-hydroxylation sites is 2. The van der Waals surface area contributed by atoms with E-state index < -0.39 is 12.8 Å². The second-order valence-electron chi connectivity index (χ2n) is 4.54. The zero-order valence-electron chi connectivity index (χ0n) is 11.7. The van der Waals surface area contributed by atoms with Crippen LogP contribution >= 0.6 is 0 Å². The van der Waals surface area contributed by atoms with Gasteiger partial charge in [-0.2, -0.15) is 13.2 Å². The molecule has 0 unspecified atom stereocenters. The van der Waals surface area contributed by atoms with Crippen LogP contribution < -0.4 is 10.1 Å². The number of nitrogens with zero attached hydrogens (tertiary/aromatic N) is 1. The molecule has 0 aliphatic carbocycles. The van der Waals surface area contributed by atoms with Crippen LogP contribution in [0.15, 0.2) is 42.6 Å². The summed E-state index contributed by atoms with van der Waals surface area (Å²) in [7, 11) is 0. The molecule has 0 atom stereocenters. The van der Waals surface area contributed by atoms with E-state index in [-0.39, 0.29) is 5.75 Å². The van der Waals surface area contributed by atoms with Crippen LogP contribution in [0.2, 0.25) is 0 Å². The van der Waals surface area contributed by atoms with Gasteiger partial charge in [0.05, 0.1) is 12.2 Å². The van der Waals surface area contributed by atoms with Gasteiger partial charge in [-0.05, 0) is 31.2 Å². The number of hydrogen-bond acceptors (Lipinski definition) is 2. The first-order chi connectivity index (χ1) is 9.99. The number of rotatable bonds is 6. The van der Waals surface area contributed by atoms with Gasteiger partial charge in [0, 0.05) is 18.4 Å². The van der Waals surface area contributed by atoms with Gasteiger partial charge in [0.2, 0.25) is 0 Å². The monoisotopic (exact) mass is 298 g/mol.